The van der Waals surface area contributed by atoms with E-state index in [1.165, 1.54) is 12.4 Å². The molecule has 0 aromatic carbocycles. The summed E-state index contributed by atoms with van der Waals surface area (Å²) in [7, 11) is 0. The molecule has 1 aromatic heterocycles. The van der Waals surface area contributed by atoms with E-state index < -0.39 is 5.60 Å². The molecular weight excluding hydrogens is 180 g/mol. The van der Waals surface area contributed by atoms with Gasteiger partial charge in [0.05, 0.1) is 23.7 Å². The standard InChI is InChI=1S/C9H16N4O/c1-3-9(2,14)6-13-8-11-4-7(10)5-12-8/h4-5,14H,3,6,10H2,1-2H3,(H,11,12,13). The minimum absolute atomic E-state index is 0.424. The summed E-state index contributed by atoms with van der Waals surface area (Å²) >= 11 is 0. The van der Waals surface area contributed by atoms with E-state index in [-0.39, 0.29) is 0 Å². The van der Waals surface area contributed by atoms with Crippen LogP contribution in [0.5, 0.6) is 0 Å². The van der Waals surface area contributed by atoms with Crippen molar-refractivity contribution in [2.45, 2.75) is 25.9 Å². The van der Waals surface area contributed by atoms with Gasteiger partial charge in [-0.15, -0.1) is 0 Å². The first-order valence-electron chi connectivity index (χ1n) is 4.57. The molecule has 5 nitrogen and oxygen atoms in total. The Kier molecular flexibility index (Phi) is 3.24. The number of anilines is 2. The van der Waals surface area contributed by atoms with Crippen LogP contribution in [-0.4, -0.2) is 27.2 Å². The first kappa shape index (κ1) is 10.7. The summed E-state index contributed by atoms with van der Waals surface area (Å²) in [4.78, 5) is 7.91. The highest BCUT2D eigenvalue weighted by molar-refractivity contribution is 5.35. The highest BCUT2D eigenvalue weighted by Crippen LogP contribution is 2.09. The number of hydrogen-bond acceptors (Lipinski definition) is 5. The quantitative estimate of drug-likeness (QED) is 0.657. The van der Waals surface area contributed by atoms with Gasteiger partial charge < -0.3 is 16.2 Å². The summed E-state index contributed by atoms with van der Waals surface area (Å²) in [6.45, 7) is 4.11. The largest absolute Gasteiger partial charge is 0.396 e. The van der Waals surface area contributed by atoms with Crippen molar-refractivity contribution in [2.75, 3.05) is 17.6 Å². The summed E-state index contributed by atoms with van der Waals surface area (Å²) in [6, 6.07) is 0. The van der Waals surface area contributed by atoms with Crippen LogP contribution in [0.25, 0.3) is 0 Å². The molecule has 1 rings (SSSR count). The number of nitrogens with one attached hydrogen (secondary N) is 1. The van der Waals surface area contributed by atoms with Crippen molar-refractivity contribution < 1.29 is 5.11 Å². The molecule has 14 heavy (non-hydrogen) atoms. The fourth-order valence-corrected chi connectivity index (χ4v) is 0.824. The summed E-state index contributed by atoms with van der Waals surface area (Å²) in [5.41, 5.74) is 5.23. The van der Waals surface area contributed by atoms with Gasteiger partial charge in [0.25, 0.3) is 0 Å². The predicted molar refractivity (Wildman–Crippen MR) is 55.8 cm³/mol. The van der Waals surface area contributed by atoms with Crippen LogP contribution >= 0.6 is 0 Å². The van der Waals surface area contributed by atoms with E-state index in [0.717, 1.165) is 0 Å². The maximum absolute atomic E-state index is 9.70. The minimum atomic E-state index is -0.731. The Morgan fingerprint density at radius 2 is 2.07 bits per heavy atom. The number of nitrogens with two attached hydrogens (primary N) is 1. The van der Waals surface area contributed by atoms with E-state index in [1.54, 1.807) is 6.92 Å². The number of aliphatic hydroxyl groups is 1. The lowest BCUT2D eigenvalue weighted by molar-refractivity contribution is 0.0695. The Balaban J connectivity index is 2.50. The van der Waals surface area contributed by atoms with E-state index in [1.807, 2.05) is 6.92 Å². The molecule has 4 N–H and O–H groups in total. The molecule has 0 radical (unpaired) electrons. The molecule has 0 aliphatic rings. The molecule has 1 aromatic rings. The first-order chi connectivity index (χ1) is 6.53. The van der Waals surface area contributed by atoms with Crippen molar-refractivity contribution in [1.29, 1.82) is 0 Å². The van der Waals surface area contributed by atoms with Gasteiger partial charge in [0.1, 0.15) is 0 Å². The zero-order chi connectivity index (χ0) is 10.6. The van der Waals surface area contributed by atoms with Crippen LogP contribution in [0.3, 0.4) is 0 Å². The van der Waals surface area contributed by atoms with E-state index in [0.29, 0.717) is 24.6 Å². The van der Waals surface area contributed by atoms with Gasteiger partial charge in [-0.05, 0) is 13.3 Å². The third-order valence-electron chi connectivity index (χ3n) is 2.06. The van der Waals surface area contributed by atoms with Gasteiger partial charge >= 0.3 is 0 Å². The van der Waals surface area contributed by atoms with Gasteiger partial charge in [0.15, 0.2) is 0 Å². The molecule has 0 fully saturated rings. The lowest BCUT2D eigenvalue weighted by Gasteiger charge is -2.21. The molecule has 1 heterocycles. The molecule has 0 saturated carbocycles. The third-order valence-corrected chi connectivity index (χ3v) is 2.06. The minimum Gasteiger partial charge on any atom is -0.396 e. The van der Waals surface area contributed by atoms with Crippen molar-refractivity contribution in [3.63, 3.8) is 0 Å². The molecule has 0 spiro atoms. The SMILES string of the molecule is CCC(C)(O)CNc1ncc(N)cn1. The average Bonchev–Trinajstić information content (AvgIpc) is 2.17. The third kappa shape index (κ3) is 3.18. The van der Waals surface area contributed by atoms with Gasteiger partial charge in [-0.25, -0.2) is 9.97 Å². The first-order valence-corrected chi connectivity index (χ1v) is 4.57. The van der Waals surface area contributed by atoms with Crippen molar-refractivity contribution in [3.8, 4) is 0 Å². The second kappa shape index (κ2) is 4.23. The Hall–Kier alpha value is -1.36. The fraction of sp³-hybridized carbons (Fsp3) is 0.556. The second-order valence-electron chi connectivity index (χ2n) is 3.54. The van der Waals surface area contributed by atoms with Crippen molar-refractivity contribution in [2.24, 2.45) is 0 Å². The molecule has 78 valence electrons. The molecule has 5 heteroatoms. The van der Waals surface area contributed by atoms with Crippen LogP contribution in [0.2, 0.25) is 0 Å². The van der Waals surface area contributed by atoms with Crippen LogP contribution in [0.4, 0.5) is 11.6 Å². The number of aromatic nitrogens is 2. The van der Waals surface area contributed by atoms with Gasteiger partial charge in [0.2, 0.25) is 5.95 Å². The Morgan fingerprint density at radius 1 is 1.50 bits per heavy atom. The Bertz CT molecular complexity index is 283. The average molecular weight is 196 g/mol. The van der Waals surface area contributed by atoms with Crippen molar-refractivity contribution in [3.05, 3.63) is 12.4 Å². The number of nitrogens with zero attached hydrogens (tertiary/aromatic N) is 2. The predicted octanol–water partition coefficient (Wildman–Crippen LogP) is 0.632. The van der Waals surface area contributed by atoms with E-state index in [4.69, 9.17) is 5.73 Å². The van der Waals surface area contributed by atoms with Crippen LogP contribution in [0.15, 0.2) is 12.4 Å². The molecule has 1 unspecified atom stereocenters. The summed E-state index contributed by atoms with van der Waals surface area (Å²) in [5.74, 6) is 0.480. The molecule has 0 saturated heterocycles. The number of hydrogen-bond donors (Lipinski definition) is 3. The highest BCUT2D eigenvalue weighted by Gasteiger charge is 2.17. The van der Waals surface area contributed by atoms with Gasteiger partial charge in [0, 0.05) is 6.54 Å². The summed E-state index contributed by atoms with van der Waals surface area (Å²) < 4.78 is 0. The number of rotatable bonds is 4. The molecule has 0 amide bonds. The van der Waals surface area contributed by atoms with E-state index >= 15 is 0 Å². The van der Waals surface area contributed by atoms with E-state index in [2.05, 4.69) is 15.3 Å². The maximum atomic E-state index is 9.70. The van der Waals surface area contributed by atoms with Gasteiger partial charge in [-0.3, -0.25) is 0 Å². The molecule has 0 aliphatic carbocycles. The molecule has 0 bridgehead atoms. The lowest BCUT2D eigenvalue weighted by Crippen LogP contribution is -2.32. The lowest BCUT2D eigenvalue weighted by atomic mass is 10.0. The summed E-state index contributed by atoms with van der Waals surface area (Å²) in [5, 5.41) is 12.6. The number of nitrogen functional groups attached to an aromatic ring is 1. The zero-order valence-corrected chi connectivity index (χ0v) is 8.49. The van der Waals surface area contributed by atoms with Crippen molar-refractivity contribution in [1.82, 2.24) is 9.97 Å². The fourth-order valence-electron chi connectivity index (χ4n) is 0.824. The Morgan fingerprint density at radius 3 is 2.57 bits per heavy atom. The van der Waals surface area contributed by atoms with Crippen LogP contribution < -0.4 is 11.1 Å². The second-order valence-corrected chi connectivity index (χ2v) is 3.54. The maximum Gasteiger partial charge on any atom is 0.222 e. The normalized spacial score (nSPS) is 14.8. The molecule has 1 atom stereocenters. The van der Waals surface area contributed by atoms with Gasteiger partial charge in [-0.2, -0.15) is 0 Å². The van der Waals surface area contributed by atoms with Crippen molar-refractivity contribution >= 4 is 11.6 Å². The molecular formula is C9H16N4O. The monoisotopic (exact) mass is 196 g/mol. The van der Waals surface area contributed by atoms with E-state index in [9.17, 15) is 5.11 Å². The van der Waals surface area contributed by atoms with Crippen LogP contribution in [0.1, 0.15) is 20.3 Å². The van der Waals surface area contributed by atoms with Crippen LogP contribution in [0, 0.1) is 0 Å². The molecule has 0 aliphatic heterocycles. The van der Waals surface area contributed by atoms with Gasteiger partial charge in [-0.1, -0.05) is 6.92 Å². The topological polar surface area (TPSA) is 84.1 Å². The smallest absolute Gasteiger partial charge is 0.222 e. The highest BCUT2D eigenvalue weighted by atomic mass is 16.3. The summed E-state index contributed by atoms with van der Waals surface area (Å²) in [6.07, 6.45) is 3.72. The Labute approximate surface area is 83.4 Å². The van der Waals surface area contributed by atoms with Crippen LogP contribution in [-0.2, 0) is 0 Å². The zero-order valence-electron chi connectivity index (χ0n) is 8.49.